The summed E-state index contributed by atoms with van der Waals surface area (Å²) in [7, 11) is 0. The van der Waals surface area contributed by atoms with Crippen molar-refractivity contribution >= 4 is 0 Å². The van der Waals surface area contributed by atoms with Crippen LogP contribution in [0.4, 0.5) is 0 Å². The van der Waals surface area contributed by atoms with Gasteiger partial charge in [-0.15, -0.1) is 0 Å². The van der Waals surface area contributed by atoms with Crippen LogP contribution in [0.15, 0.2) is 42.5 Å². The molecule has 0 fully saturated rings. The Morgan fingerprint density at radius 2 is 1.50 bits per heavy atom. The molecular weight excluding hydrogens is 228 g/mol. The van der Waals surface area contributed by atoms with Crippen LogP contribution in [-0.4, -0.2) is 15.3 Å². The van der Waals surface area contributed by atoms with E-state index in [-0.39, 0.29) is 17.2 Å². The van der Waals surface area contributed by atoms with Gasteiger partial charge in [0.1, 0.15) is 17.2 Å². The molecule has 0 bridgehead atoms. The quantitative estimate of drug-likeness (QED) is 0.760. The summed E-state index contributed by atoms with van der Waals surface area (Å²) in [5.41, 5.74) is 1.13. The molecule has 2 aromatic carbocycles. The first-order valence-electron chi connectivity index (χ1n) is 5.73. The molecule has 2 aromatic rings. The van der Waals surface area contributed by atoms with E-state index in [1.54, 1.807) is 30.3 Å². The second-order valence-electron chi connectivity index (χ2n) is 4.88. The van der Waals surface area contributed by atoms with Crippen molar-refractivity contribution in [2.75, 3.05) is 0 Å². The second kappa shape index (κ2) is 4.26. The van der Waals surface area contributed by atoms with E-state index in [0.29, 0.717) is 5.56 Å². The van der Waals surface area contributed by atoms with E-state index in [0.717, 1.165) is 5.56 Å². The largest absolute Gasteiger partial charge is 0.508 e. The Morgan fingerprint density at radius 1 is 0.833 bits per heavy atom. The van der Waals surface area contributed by atoms with Gasteiger partial charge in [-0.3, -0.25) is 0 Å². The zero-order valence-corrected chi connectivity index (χ0v) is 10.4. The highest BCUT2D eigenvalue weighted by atomic mass is 16.3. The fourth-order valence-corrected chi connectivity index (χ4v) is 2.10. The average Bonchev–Trinajstić information content (AvgIpc) is 2.28. The Hall–Kier alpha value is -2.16. The monoisotopic (exact) mass is 244 g/mol. The molecule has 0 aliphatic heterocycles. The molecule has 0 radical (unpaired) electrons. The number of phenolic OH excluding ortho intramolecular Hbond substituents is 3. The third kappa shape index (κ3) is 2.12. The van der Waals surface area contributed by atoms with Crippen molar-refractivity contribution in [2.24, 2.45) is 0 Å². The summed E-state index contributed by atoms with van der Waals surface area (Å²) in [6, 6.07) is 11.5. The van der Waals surface area contributed by atoms with Crippen LogP contribution in [0.5, 0.6) is 17.2 Å². The fraction of sp³-hybridized carbons (Fsp3) is 0.200. The molecule has 0 saturated heterocycles. The van der Waals surface area contributed by atoms with Gasteiger partial charge in [0.15, 0.2) is 0 Å². The maximum Gasteiger partial charge on any atom is 0.123 e. The molecule has 3 heteroatoms. The van der Waals surface area contributed by atoms with Gasteiger partial charge >= 0.3 is 0 Å². The number of rotatable bonds is 2. The van der Waals surface area contributed by atoms with Crippen LogP contribution in [0.1, 0.15) is 25.0 Å². The van der Waals surface area contributed by atoms with E-state index in [1.165, 1.54) is 6.07 Å². The van der Waals surface area contributed by atoms with Crippen molar-refractivity contribution in [2.45, 2.75) is 19.3 Å². The molecule has 2 rings (SSSR count). The van der Waals surface area contributed by atoms with Crippen LogP contribution >= 0.6 is 0 Å². The van der Waals surface area contributed by atoms with Crippen LogP contribution in [0, 0.1) is 0 Å². The fourth-order valence-electron chi connectivity index (χ4n) is 2.10. The van der Waals surface area contributed by atoms with Crippen LogP contribution in [-0.2, 0) is 5.41 Å². The standard InChI is InChI=1S/C15H16O3/c1-15(2,10-4-3-5-11(16)8-10)13-7-6-12(17)9-14(13)18/h3-9,16-18H,1-2H3. The number of benzene rings is 2. The van der Waals surface area contributed by atoms with Crippen molar-refractivity contribution in [3.8, 4) is 17.2 Å². The lowest BCUT2D eigenvalue weighted by molar-refractivity contribution is 0.435. The lowest BCUT2D eigenvalue weighted by atomic mass is 9.77. The third-order valence-electron chi connectivity index (χ3n) is 3.22. The Morgan fingerprint density at radius 3 is 2.11 bits per heavy atom. The summed E-state index contributed by atoms with van der Waals surface area (Å²) >= 11 is 0. The van der Waals surface area contributed by atoms with Gasteiger partial charge in [-0.05, 0) is 23.8 Å². The first-order valence-corrected chi connectivity index (χ1v) is 5.73. The first kappa shape index (κ1) is 12.3. The van der Waals surface area contributed by atoms with Gasteiger partial charge in [-0.25, -0.2) is 0 Å². The van der Waals surface area contributed by atoms with E-state index < -0.39 is 5.41 Å². The second-order valence-corrected chi connectivity index (χ2v) is 4.88. The summed E-state index contributed by atoms with van der Waals surface area (Å²) in [5, 5.41) is 28.8. The van der Waals surface area contributed by atoms with Gasteiger partial charge in [-0.1, -0.05) is 32.0 Å². The molecule has 0 amide bonds. The van der Waals surface area contributed by atoms with Crippen molar-refractivity contribution in [3.05, 3.63) is 53.6 Å². The summed E-state index contributed by atoms with van der Waals surface area (Å²) in [4.78, 5) is 0. The van der Waals surface area contributed by atoms with E-state index in [9.17, 15) is 15.3 Å². The molecule has 0 spiro atoms. The summed E-state index contributed by atoms with van der Waals surface area (Å²) in [6.07, 6.45) is 0. The molecule has 3 N–H and O–H groups in total. The molecule has 0 saturated carbocycles. The van der Waals surface area contributed by atoms with Crippen molar-refractivity contribution in [3.63, 3.8) is 0 Å². The van der Waals surface area contributed by atoms with Gasteiger partial charge in [0, 0.05) is 17.0 Å². The van der Waals surface area contributed by atoms with Gasteiger partial charge in [0.2, 0.25) is 0 Å². The van der Waals surface area contributed by atoms with E-state index in [4.69, 9.17) is 0 Å². The Kier molecular flexibility index (Phi) is 2.91. The van der Waals surface area contributed by atoms with Crippen molar-refractivity contribution < 1.29 is 15.3 Å². The number of hydrogen-bond donors (Lipinski definition) is 3. The smallest absolute Gasteiger partial charge is 0.123 e. The molecular formula is C15H16O3. The molecule has 0 unspecified atom stereocenters. The minimum atomic E-state index is -0.462. The highest BCUT2D eigenvalue weighted by Gasteiger charge is 2.26. The third-order valence-corrected chi connectivity index (χ3v) is 3.22. The van der Waals surface area contributed by atoms with Crippen LogP contribution in [0.25, 0.3) is 0 Å². The van der Waals surface area contributed by atoms with E-state index >= 15 is 0 Å². The molecule has 94 valence electrons. The molecule has 0 aliphatic carbocycles. The van der Waals surface area contributed by atoms with Crippen LogP contribution in [0.2, 0.25) is 0 Å². The molecule has 0 heterocycles. The summed E-state index contributed by atoms with van der Waals surface area (Å²) in [5.74, 6) is 0.269. The number of phenols is 3. The highest BCUT2D eigenvalue weighted by Crippen LogP contribution is 2.38. The Bertz CT molecular complexity index is 574. The molecule has 3 nitrogen and oxygen atoms in total. The lowest BCUT2D eigenvalue weighted by Crippen LogP contribution is -2.18. The molecule has 18 heavy (non-hydrogen) atoms. The Labute approximate surface area is 106 Å². The zero-order chi connectivity index (χ0) is 13.3. The predicted molar refractivity (Wildman–Crippen MR) is 70.0 cm³/mol. The Balaban J connectivity index is 2.53. The minimum absolute atomic E-state index is 0.0305. The highest BCUT2D eigenvalue weighted by molar-refractivity contribution is 5.49. The average molecular weight is 244 g/mol. The summed E-state index contributed by atoms with van der Waals surface area (Å²) in [6.45, 7) is 3.90. The zero-order valence-electron chi connectivity index (χ0n) is 10.4. The topological polar surface area (TPSA) is 60.7 Å². The maximum absolute atomic E-state index is 9.94. The van der Waals surface area contributed by atoms with E-state index in [2.05, 4.69) is 0 Å². The number of aromatic hydroxyl groups is 3. The minimum Gasteiger partial charge on any atom is -0.508 e. The molecule has 0 aromatic heterocycles. The number of hydrogen-bond acceptors (Lipinski definition) is 3. The maximum atomic E-state index is 9.94. The predicted octanol–water partition coefficient (Wildman–Crippen LogP) is 3.13. The SMILES string of the molecule is CC(C)(c1cccc(O)c1)c1ccc(O)cc1O. The first-order chi connectivity index (χ1) is 8.41. The van der Waals surface area contributed by atoms with Crippen LogP contribution in [0.3, 0.4) is 0 Å². The van der Waals surface area contributed by atoms with Gasteiger partial charge in [-0.2, -0.15) is 0 Å². The van der Waals surface area contributed by atoms with Crippen LogP contribution < -0.4 is 0 Å². The van der Waals surface area contributed by atoms with Crippen molar-refractivity contribution in [1.29, 1.82) is 0 Å². The lowest BCUT2D eigenvalue weighted by Gasteiger charge is -2.27. The molecule has 0 atom stereocenters. The van der Waals surface area contributed by atoms with E-state index in [1.807, 2.05) is 19.9 Å². The van der Waals surface area contributed by atoms with Gasteiger partial charge < -0.3 is 15.3 Å². The van der Waals surface area contributed by atoms with Crippen molar-refractivity contribution in [1.82, 2.24) is 0 Å². The van der Waals surface area contributed by atoms with Gasteiger partial charge in [0.25, 0.3) is 0 Å². The normalized spacial score (nSPS) is 11.4. The molecule has 0 aliphatic rings. The van der Waals surface area contributed by atoms with Gasteiger partial charge in [0.05, 0.1) is 0 Å². The summed E-state index contributed by atoms with van der Waals surface area (Å²) < 4.78 is 0.